The van der Waals surface area contributed by atoms with Crippen LogP contribution in [0.5, 0.6) is 0 Å². The molecule has 1 aromatic heterocycles. The van der Waals surface area contributed by atoms with Crippen LogP contribution in [-0.2, 0) is 14.7 Å². The first-order valence-corrected chi connectivity index (χ1v) is 17.4. The second-order valence-corrected chi connectivity index (χ2v) is 15.3. The van der Waals surface area contributed by atoms with Gasteiger partial charge in [0.1, 0.15) is 0 Å². The minimum absolute atomic E-state index is 0.430. The van der Waals surface area contributed by atoms with E-state index in [-0.39, 0.29) is 0 Å². The summed E-state index contributed by atoms with van der Waals surface area (Å²) >= 11 is 1.92. The number of thiophene rings is 1. The van der Waals surface area contributed by atoms with Crippen LogP contribution in [0.15, 0.2) is 127 Å². The van der Waals surface area contributed by atoms with Crippen LogP contribution < -0.4 is 5.46 Å². The lowest BCUT2D eigenvalue weighted by Crippen LogP contribution is -2.41. The summed E-state index contributed by atoms with van der Waals surface area (Å²) in [5, 5.41) is 2.65. The number of hydrogen-bond donors (Lipinski definition) is 0. The van der Waals surface area contributed by atoms with Gasteiger partial charge in [0.15, 0.2) is 0 Å². The molecule has 0 saturated carbocycles. The van der Waals surface area contributed by atoms with Crippen molar-refractivity contribution in [3.63, 3.8) is 0 Å². The summed E-state index contributed by atoms with van der Waals surface area (Å²) in [6, 6.07) is 47.7. The molecule has 0 bridgehead atoms. The Morgan fingerprint density at radius 2 is 1.06 bits per heavy atom. The highest BCUT2D eigenvalue weighted by Crippen LogP contribution is 2.63. The minimum Gasteiger partial charge on any atom is -0.399 e. The van der Waals surface area contributed by atoms with Gasteiger partial charge in [-0.2, -0.15) is 0 Å². The molecule has 2 nitrogen and oxygen atoms in total. The van der Waals surface area contributed by atoms with Crippen LogP contribution in [0.3, 0.4) is 0 Å². The summed E-state index contributed by atoms with van der Waals surface area (Å²) in [4.78, 5) is 0. The normalized spacial score (nSPS) is 19.7. The van der Waals surface area contributed by atoms with Crippen molar-refractivity contribution in [2.45, 2.75) is 44.3 Å². The van der Waals surface area contributed by atoms with E-state index in [1.165, 1.54) is 75.8 Å². The van der Waals surface area contributed by atoms with Gasteiger partial charge < -0.3 is 9.31 Å². The lowest BCUT2D eigenvalue weighted by Gasteiger charge is -2.35. The molecule has 0 amide bonds. The third-order valence-electron chi connectivity index (χ3n) is 11.4. The quantitative estimate of drug-likeness (QED) is 0.169. The van der Waals surface area contributed by atoms with Crippen molar-refractivity contribution in [3.8, 4) is 33.4 Å². The van der Waals surface area contributed by atoms with E-state index in [0.29, 0.717) is 0 Å². The molecule has 1 unspecified atom stereocenters. The molecule has 7 aromatic rings. The number of rotatable bonds is 1. The Balaban J connectivity index is 1.37. The molecular weight excluding hydrogens is 591 g/mol. The van der Waals surface area contributed by atoms with E-state index in [1.807, 2.05) is 11.3 Å². The van der Waals surface area contributed by atoms with Gasteiger partial charge in [-0.25, -0.2) is 0 Å². The first-order valence-electron chi connectivity index (χ1n) is 16.5. The maximum absolute atomic E-state index is 6.67. The van der Waals surface area contributed by atoms with Crippen molar-refractivity contribution >= 4 is 44.1 Å². The van der Waals surface area contributed by atoms with Gasteiger partial charge in [0.25, 0.3) is 0 Å². The molecule has 226 valence electrons. The third-order valence-corrected chi connectivity index (χ3v) is 12.6. The molecule has 47 heavy (non-hydrogen) atoms. The molecule has 1 atom stereocenters. The number of fused-ring (bicyclic) bond motifs is 16. The van der Waals surface area contributed by atoms with Crippen molar-refractivity contribution in [1.29, 1.82) is 0 Å². The zero-order valence-corrected chi connectivity index (χ0v) is 27.7. The minimum atomic E-state index is -0.555. The van der Waals surface area contributed by atoms with E-state index in [9.17, 15) is 0 Å². The fraction of sp³-hybridized carbons (Fsp3) is 0.163. The molecule has 6 aromatic carbocycles. The molecule has 4 heteroatoms. The van der Waals surface area contributed by atoms with E-state index in [4.69, 9.17) is 9.31 Å². The standard InChI is InChI=1S/C43H33BO2S/c1-41(2)42(3,4)46-44(45-41)26-21-22-30-28-14-6-5-13-27(28)29-15-7-10-18-34(29)43(37(30)25-26)35-19-11-8-17-33(35)39-36(43)24-23-32-31-16-9-12-20-38(31)47-40(32)39/h5-25H,1-4H3. The van der Waals surface area contributed by atoms with Crippen LogP contribution in [-0.4, -0.2) is 18.3 Å². The van der Waals surface area contributed by atoms with Crippen LogP contribution in [0.2, 0.25) is 0 Å². The molecule has 3 aliphatic rings. The zero-order valence-electron chi connectivity index (χ0n) is 26.9. The molecule has 1 saturated heterocycles. The van der Waals surface area contributed by atoms with Crippen molar-refractivity contribution in [2.24, 2.45) is 0 Å². The fourth-order valence-electron chi connectivity index (χ4n) is 8.50. The lowest BCUT2D eigenvalue weighted by molar-refractivity contribution is 0.00578. The second-order valence-electron chi connectivity index (χ2n) is 14.2. The van der Waals surface area contributed by atoms with Gasteiger partial charge in [0.05, 0.1) is 16.6 Å². The molecular formula is C43H33BO2S. The maximum atomic E-state index is 6.67. The first kappa shape index (κ1) is 27.6. The van der Waals surface area contributed by atoms with Crippen molar-refractivity contribution in [3.05, 3.63) is 150 Å². The lowest BCUT2D eigenvalue weighted by atomic mass is 9.64. The Morgan fingerprint density at radius 3 is 1.79 bits per heavy atom. The van der Waals surface area contributed by atoms with Gasteiger partial charge in [0.2, 0.25) is 0 Å². The zero-order chi connectivity index (χ0) is 31.7. The monoisotopic (exact) mass is 624 g/mol. The topological polar surface area (TPSA) is 18.5 Å². The summed E-state index contributed by atoms with van der Waals surface area (Å²) in [6.45, 7) is 8.52. The third kappa shape index (κ3) is 3.48. The van der Waals surface area contributed by atoms with Crippen molar-refractivity contribution in [1.82, 2.24) is 0 Å². The highest BCUT2D eigenvalue weighted by Gasteiger charge is 2.54. The average Bonchev–Trinajstić information content (AvgIpc) is 3.66. The number of benzene rings is 6. The average molecular weight is 625 g/mol. The van der Waals surface area contributed by atoms with Crippen LogP contribution in [0.25, 0.3) is 53.6 Å². The molecule has 2 heterocycles. The highest BCUT2D eigenvalue weighted by atomic mass is 32.1. The summed E-state index contributed by atoms with van der Waals surface area (Å²) in [5.41, 5.74) is 12.6. The smallest absolute Gasteiger partial charge is 0.399 e. The van der Waals surface area contributed by atoms with Gasteiger partial charge in [-0.1, -0.05) is 121 Å². The fourth-order valence-corrected chi connectivity index (χ4v) is 9.76. The maximum Gasteiger partial charge on any atom is 0.494 e. The molecule has 0 N–H and O–H groups in total. The predicted octanol–water partition coefficient (Wildman–Crippen LogP) is 10.4. The summed E-state index contributed by atoms with van der Waals surface area (Å²) in [5.74, 6) is 0. The summed E-state index contributed by atoms with van der Waals surface area (Å²) in [6.07, 6.45) is 0. The van der Waals surface area contributed by atoms with Crippen LogP contribution in [0, 0.1) is 0 Å². The number of hydrogen-bond acceptors (Lipinski definition) is 3. The molecule has 10 rings (SSSR count). The molecule has 1 spiro atoms. The Kier molecular flexibility index (Phi) is 5.48. The van der Waals surface area contributed by atoms with E-state index in [1.54, 1.807) is 0 Å². The Bertz CT molecular complexity index is 2440. The van der Waals surface area contributed by atoms with Crippen LogP contribution >= 0.6 is 11.3 Å². The van der Waals surface area contributed by atoms with E-state index < -0.39 is 23.7 Å². The van der Waals surface area contributed by atoms with Crippen LogP contribution in [0.4, 0.5) is 0 Å². The molecule has 1 fully saturated rings. The van der Waals surface area contributed by atoms with Gasteiger partial charge in [-0.3, -0.25) is 0 Å². The Morgan fingerprint density at radius 1 is 0.489 bits per heavy atom. The SMILES string of the molecule is CC1(C)OB(c2ccc3c(c2)C2(c4ccccc4-c4ccccc4-3)c3ccccc3-c3c2ccc2c3sc3ccccc32)OC1(C)C. The van der Waals surface area contributed by atoms with Gasteiger partial charge in [-0.15, -0.1) is 11.3 Å². The van der Waals surface area contributed by atoms with Gasteiger partial charge >= 0.3 is 7.12 Å². The van der Waals surface area contributed by atoms with E-state index in [0.717, 1.165) is 5.46 Å². The Labute approximate surface area is 279 Å². The molecule has 1 aliphatic heterocycles. The van der Waals surface area contributed by atoms with E-state index in [2.05, 4.69) is 155 Å². The van der Waals surface area contributed by atoms with Crippen molar-refractivity contribution < 1.29 is 9.31 Å². The molecule has 0 radical (unpaired) electrons. The largest absolute Gasteiger partial charge is 0.494 e. The summed E-state index contributed by atoms with van der Waals surface area (Å²) in [7, 11) is -0.461. The van der Waals surface area contributed by atoms with Crippen LogP contribution in [0.1, 0.15) is 49.9 Å². The van der Waals surface area contributed by atoms with Crippen molar-refractivity contribution in [2.75, 3.05) is 0 Å². The molecule has 2 aliphatic carbocycles. The van der Waals surface area contributed by atoms with Gasteiger partial charge in [0, 0.05) is 25.7 Å². The highest BCUT2D eigenvalue weighted by molar-refractivity contribution is 7.26. The van der Waals surface area contributed by atoms with E-state index >= 15 is 0 Å². The first-order chi connectivity index (χ1) is 22.8. The van der Waals surface area contributed by atoms with Gasteiger partial charge in [-0.05, 0) is 89.3 Å². The summed E-state index contributed by atoms with van der Waals surface area (Å²) < 4.78 is 16.0. The second kappa shape index (κ2) is 9.32. The predicted molar refractivity (Wildman–Crippen MR) is 197 cm³/mol. The Hall–Kier alpha value is -4.48.